The number of benzene rings is 1. The second kappa shape index (κ2) is 10.4. The zero-order valence-electron chi connectivity index (χ0n) is 14.1. The van der Waals surface area contributed by atoms with E-state index >= 15 is 0 Å². The third-order valence-electron chi connectivity index (χ3n) is 4.20. The van der Waals surface area contributed by atoms with Crippen molar-refractivity contribution in [3.8, 4) is 0 Å². The molecule has 1 aromatic carbocycles. The number of carboxylic acid groups (broad SMARTS) is 1. The van der Waals surface area contributed by atoms with Gasteiger partial charge in [0.1, 0.15) is 19.1 Å². The number of morpholine rings is 1. The molecule has 1 heterocycles. The fourth-order valence-electron chi connectivity index (χ4n) is 2.82. The minimum absolute atomic E-state index is 0.140. The first kappa shape index (κ1) is 19.7. The fraction of sp³-hybridized carbons (Fsp3) is 0.529. The third-order valence-corrected chi connectivity index (χ3v) is 4.44. The standard InChI is InChI=1S/C17H24ClN3O4/c18-13-3-1-4-14(11-13)20-16(22)12-15(17(23)24)19-5-2-6-21-7-9-25-10-8-21/h1,3-4,11,15,19H,2,5-10,12H2,(H,20,22)(H,23,24)/p+1/t15-/m0/s1. The molecule has 1 fully saturated rings. The number of amides is 1. The van der Waals surface area contributed by atoms with Crippen molar-refractivity contribution in [2.75, 3.05) is 44.7 Å². The Morgan fingerprint density at radius 1 is 1.36 bits per heavy atom. The van der Waals surface area contributed by atoms with E-state index in [-0.39, 0.29) is 12.3 Å². The van der Waals surface area contributed by atoms with Crippen LogP contribution in [0.15, 0.2) is 24.3 Å². The molecule has 1 amide bonds. The molecule has 8 heteroatoms. The maximum absolute atomic E-state index is 12.0. The Morgan fingerprint density at radius 2 is 2.12 bits per heavy atom. The van der Waals surface area contributed by atoms with Crippen LogP contribution in [-0.4, -0.2) is 57.3 Å². The molecule has 0 spiro atoms. The number of halogens is 1. The average molecular weight is 371 g/mol. The molecule has 0 bridgehead atoms. The van der Waals surface area contributed by atoms with Crippen molar-refractivity contribution in [3.63, 3.8) is 0 Å². The van der Waals surface area contributed by atoms with Crippen molar-refractivity contribution < 1.29 is 29.6 Å². The lowest BCUT2D eigenvalue weighted by molar-refractivity contribution is -0.909. The Kier molecular flexibility index (Phi) is 8.14. The summed E-state index contributed by atoms with van der Waals surface area (Å²) < 4.78 is 5.31. The van der Waals surface area contributed by atoms with E-state index in [0.29, 0.717) is 17.3 Å². The molecular weight excluding hydrogens is 346 g/mol. The maximum atomic E-state index is 12.0. The van der Waals surface area contributed by atoms with Crippen molar-refractivity contribution in [3.05, 3.63) is 29.3 Å². The normalized spacial score (nSPS) is 16.4. The number of aliphatic carboxylic acids is 1. The van der Waals surface area contributed by atoms with Crippen LogP contribution in [0.4, 0.5) is 5.69 Å². The summed E-state index contributed by atoms with van der Waals surface area (Å²) >= 11 is 5.86. The number of anilines is 1. The molecule has 25 heavy (non-hydrogen) atoms. The zero-order chi connectivity index (χ0) is 18.1. The molecular formula is C17H25ClN3O4+. The lowest BCUT2D eigenvalue weighted by Gasteiger charge is -2.23. The quantitative estimate of drug-likeness (QED) is 0.424. The van der Waals surface area contributed by atoms with Crippen LogP contribution < -0.4 is 20.6 Å². The van der Waals surface area contributed by atoms with E-state index in [1.54, 1.807) is 29.6 Å². The van der Waals surface area contributed by atoms with Gasteiger partial charge in [-0.2, -0.15) is 0 Å². The molecule has 0 aliphatic carbocycles. The van der Waals surface area contributed by atoms with E-state index in [1.165, 1.54) is 4.90 Å². The number of carbonyl (C=O) groups is 2. The topological polar surface area (TPSA) is 99.5 Å². The fourth-order valence-corrected chi connectivity index (χ4v) is 3.01. The summed E-state index contributed by atoms with van der Waals surface area (Å²) in [6, 6.07) is 5.84. The Bertz CT molecular complexity index is 579. The van der Waals surface area contributed by atoms with Gasteiger partial charge in [0.25, 0.3) is 0 Å². The summed E-state index contributed by atoms with van der Waals surface area (Å²) in [4.78, 5) is 24.8. The van der Waals surface area contributed by atoms with E-state index < -0.39 is 12.0 Å². The lowest BCUT2D eigenvalue weighted by Crippen LogP contribution is -3.14. The summed E-state index contributed by atoms with van der Waals surface area (Å²) in [6.45, 7) is 5.18. The van der Waals surface area contributed by atoms with Gasteiger partial charge in [0.2, 0.25) is 5.91 Å². The van der Waals surface area contributed by atoms with Gasteiger partial charge in [0.15, 0.2) is 0 Å². The van der Waals surface area contributed by atoms with Crippen LogP contribution in [0.25, 0.3) is 0 Å². The van der Waals surface area contributed by atoms with Crippen molar-refractivity contribution in [2.24, 2.45) is 0 Å². The van der Waals surface area contributed by atoms with Crippen molar-refractivity contribution in [1.82, 2.24) is 0 Å². The molecule has 0 aromatic heterocycles. The smallest absolute Gasteiger partial charge is 0.230 e. The molecule has 1 aromatic rings. The van der Waals surface area contributed by atoms with Gasteiger partial charge in [-0.3, -0.25) is 4.79 Å². The number of nitrogens with one attached hydrogen (secondary N) is 2. The van der Waals surface area contributed by atoms with Crippen LogP contribution in [0.3, 0.4) is 0 Å². The highest BCUT2D eigenvalue weighted by Gasteiger charge is 2.19. The summed E-state index contributed by atoms with van der Waals surface area (Å²) in [5.41, 5.74) is 0.547. The highest BCUT2D eigenvalue weighted by Crippen LogP contribution is 2.14. The van der Waals surface area contributed by atoms with Crippen LogP contribution in [0.1, 0.15) is 12.8 Å². The summed E-state index contributed by atoms with van der Waals surface area (Å²) in [6.07, 6.45) is 0.744. The third kappa shape index (κ3) is 7.39. The van der Waals surface area contributed by atoms with E-state index in [4.69, 9.17) is 16.3 Å². The Labute approximate surface area is 152 Å². The molecule has 138 valence electrons. The van der Waals surface area contributed by atoms with Gasteiger partial charge >= 0.3 is 0 Å². The van der Waals surface area contributed by atoms with Gasteiger partial charge in [-0.05, 0) is 18.2 Å². The zero-order valence-corrected chi connectivity index (χ0v) is 14.9. The minimum Gasteiger partial charge on any atom is -0.544 e. The van der Waals surface area contributed by atoms with Gasteiger partial charge in [-0.25, -0.2) is 0 Å². The van der Waals surface area contributed by atoms with Crippen LogP contribution in [-0.2, 0) is 14.3 Å². The minimum atomic E-state index is -1.22. The number of ether oxygens (including phenoxy) is 1. The highest BCUT2D eigenvalue weighted by molar-refractivity contribution is 6.30. The molecule has 1 aliphatic rings. The van der Waals surface area contributed by atoms with E-state index in [1.807, 2.05) is 0 Å². The van der Waals surface area contributed by atoms with Gasteiger partial charge in [0.05, 0.1) is 38.7 Å². The average Bonchev–Trinajstić information content (AvgIpc) is 2.58. The van der Waals surface area contributed by atoms with Gasteiger partial charge in [0, 0.05) is 17.1 Å². The molecule has 1 saturated heterocycles. The summed E-state index contributed by atoms with van der Waals surface area (Å²) in [5.74, 6) is -1.59. The van der Waals surface area contributed by atoms with Crippen LogP contribution >= 0.6 is 11.6 Å². The molecule has 0 saturated carbocycles. The Balaban J connectivity index is 1.71. The summed E-state index contributed by atoms with van der Waals surface area (Å²) in [7, 11) is 0. The van der Waals surface area contributed by atoms with E-state index in [0.717, 1.165) is 39.3 Å². The lowest BCUT2D eigenvalue weighted by atomic mass is 10.2. The van der Waals surface area contributed by atoms with E-state index in [9.17, 15) is 14.7 Å². The SMILES string of the molecule is O=C(C[C@H]([NH2+]CCC[NH+]1CCOCC1)C(=O)[O-])Nc1cccc(Cl)c1. The van der Waals surface area contributed by atoms with Gasteiger partial charge < -0.3 is 30.2 Å². The van der Waals surface area contributed by atoms with Crippen molar-refractivity contribution >= 4 is 29.2 Å². The molecule has 0 unspecified atom stereocenters. The van der Waals surface area contributed by atoms with Crippen LogP contribution in [0.2, 0.25) is 5.02 Å². The number of nitrogens with two attached hydrogens (primary N) is 1. The van der Waals surface area contributed by atoms with E-state index in [2.05, 4.69) is 5.32 Å². The molecule has 1 aliphatic heterocycles. The van der Waals surface area contributed by atoms with Crippen molar-refractivity contribution in [1.29, 1.82) is 0 Å². The Hall–Kier alpha value is -1.67. The Morgan fingerprint density at radius 3 is 2.80 bits per heavy atom. The monoisotopic (exact) mass is 370 g/mol. The first-order valence-corrected chi connectivity index (χ1v) is 8.93. The highest BCUT2D eigenvalue weighted by atomic mass is 35.5. The first-order chi connectivity index (χ1) is 12.0. The number of hydrogen-bond donors (Lipinski definition) is 3. The number of carboxylic acids is 1. The number of quaternary nitrogens is 2. The number of carbonyl (C=O) groups excluding carboxylic acids is 2. The second-order valence-electron chi connectivity index (χ2n) is 6.18. The number of hydrogen-bond acceptors (Lipinski definition) is 4. The van der Waals surface area contributed by atoms with Crippen molar-refractivity contribution in [2.45, 2.75) is 18.9 Å². The van der Waals surface area contributed by atoms with Crippen LogP contribution in [0, 0.1) is 0 Å². The van der Waals surface area contributed by atoms with Crippen LogP contribution in [0.5, 0.6) is 0 Å². The predicted molar refractivity (Wildman–Crippen MR) is 91.3 cm³/mol. The second-order valence-corrected chi connectivity index (χ2v) is 6.61. The largest absolute Gasteiger partial charge is 0.544 e. The van der Waals surface area contributed by atoms with Gasteiger partial charge in [-0.15, -0.1) is 0 Å². The number of rotatable bonds is 9. The molecule has 1 atom stereocenters. The van der Waals surface area contributed by atoms with Gasteiger partial charge in [-0.1, -0.05) is 17.7 Å². The predicted octanol–water partition coefficient (Wildman–Crippen LogP) is -2.34. The first-order valence-electron chi connectivity index (χ1n) is 8.55. The molecule has 0 radical (unpaired) electrons. The molecule has 4 N–H and O–H groups in total. The summed E-state index contributed by atoms with van der Waals surface area (Å²) in [5, 5.41) is 16.1. The molecule has 7 nitrogen and oxygen atoms in total. The maximum Gasteiger partial charge on any atom is 0.230 e. The molecule has 2 rings (SSSR count).